The van der Waals surface area contributed by atoms with E-state index in [0.717, 1.165) is 24.8 Å². The summed E-state index contributed by atoms with van der Waals surface area (Å²) in [6.07, 6.45) is 2.35. The molecule has 2 rings (SSSR count). The molecule has 0 aromatic heterocycles. The summed E-state index contributed by atoms with van der Waals surface area (Å²) in [7, 11) is 0. The van der Waals surface area contributed by atoms with Crippen molar-refractivity contribution in [3.05, 3.63) is 28.8 Å². The summed E-state index contributed by atoms with van der Waals surface area (Å²) in [5.74, 6) is 0.735. The third kappa shape index (κ3) is 4.39. The molecule has 1 aliphatic rings. The second-order valence-corrected chi connectivity index (χ2v) is 5.77. The number of hydrogen-bond donors (Lipinski definition) is 2. The second kappa shape index (κ2) is 6.95. The molecule has 2 atom stereocenters. The van der Waals surface area contributed by atoms with Crippen molar-refractivity contribution >= 4 is 17.5 Å². The zero-order valence-electron chi connectivity index (χ0n) is 11.6. The van der Waals surface area contributed by atoms with E-state index in [-0.39, 0.29) is 18.6 Å². The first-order chi connectivity index (χ1) is 9.54. The monoisotopic (exact) mass is 297 g/mol. The van der Waals surface area contributed by atoms with Crippen molar-refractivity contribution in [1.82, 2.24) is 5.32 Å². The Labute approximate surface area is 124 Å². The highest BCUT2D eigenvalue weighted by Crippen LogP contribution is 2.25. The number of carbonyl (C=O) groups is 1. The van der Waals surface area contributed by atoms with Crippen LogP contribution in [0, 0.1) is 12.8 Å². The van der Waals surface area contributed by atoms with Gasteiger partial charge in [0, 0.05) is 6.54 Å². The highest BCUT2D eigenvalue weighted by atomic mass is 35.5. The summed E-state index contributed by atoms with van der Waals surface area (Å²) >= 11 is 5.99. The standard InChI is InChI=1S/C15H20ClNO3/c1-10-2-5-13(16)14(6-10)20-9-15(19)17-8-11-3-4-12(18)7-11/h2,5-6,11-12,18H,3-4,7-9H2,1H3,(H,17,19). The third-order valence-corrected chi connectivity index (χ3v) is 3.86. The number of hydrogen-bond acceptors (Lipinski definition) is 3. The fourth-order valence-corrected chi connectivity index (χ4v) is 2.58. The van der Waals surface area contributed by atoms with Gasteiger partial charge in [0.2, 0.25) is 0 Å². The average molecular weight is 298 g/mol. The average Bonchev–Trinajstić information content (AvgIpc) is 2.83. The van der Waals surface area contributed by atoms with Crippen LogP contribution in [0.2, 0.25) is 5.02 Å². The molecule has 1 aromatic carbocycles. The van der Waals surface area contributed by atoms with Gasteiger partial charge in [-0.15, -0.1) is 0 Å². The van der Waals surface area contributed by atoms with E-state index in [1.807, 2.05) is 19.1 Å². The van der Waals surface area contributed by atoms with Crippen LogP contribution in [0.25, 0.3) is 0 Å². The molecule has 110 valence electrons. The van der Waals surface area contributed by atoms with Crippen molar-refractivity contribution in [2.45, 2.75) is 32.3 Å². The number of aryl methyl sites for hydroxylation is 1. The Bertz CT molecular complexity index is 478. The molecule has 1 fully saturated rings. The topological polar surface area (TPSA) is 58.6 Å². The highest BCUT2D eigenvalue weighted by molar-refractivity contribution is 6.32. The predicted molar refractivity (Wildman–Crippen MR) is 78.0 cm³/mol. The molecule has 0 aliphatic heterocycles. The van der Waals surface area contributed by atoms with Gasteiger partial charge in [-0.25, -0.2) is 0 Å². The molecule has 2 unspecified atom stereocenters. The van der Waals surface area contributed by atoms with E-state index in [9.17, 15) is 9.90 Å². The lowest BCUT2D eigenvalue weighted by molar-refractivity contribution is -0.123. The molecule has 0 spiro atoms. The van der Waals surface area contributed by atoms with Crippen LogP contribution >= 0.6 is 11.6 Å². The summed E-state index contributed by atoms with van der Waals surface area (Å²) in [5, 5.41) is 12.8. The first-order valence-corrected chi connectivity index (χ1v) is 7.26. The number of carbonyl (C=O) groups excluding carboxylic acids is 1. The van der Waals surface area contributed by atoms with Gasteiger partial charge in [0.25, 0.3) is 5.91 Å². The van der Waals surface area contributed by atoms with E-state index >= 15 is 0 Å². The lowest BCUT2D eigenvalue weighted by atomic mass is 10.1. The zero-order chi connectivity index (χ0) is 14.5. The van der Waals surface area contributed by atoms with Crippen LogP contribution in [-0.2, 0) is 4.79 Å². The van der Waals surface area contributed by atoms with Crippen molar-refractivity contribution in [3.63, 3.8) is 0 Å². The van der Waals surface area contributed by atoms with Crippen LogP contribution in [0.5, 0.6) is 5.75 Å². The molecular formula is C15H20ClNO3. The molecule has 0 radical (unpaired) electrons. The molecule has 1 saturated carbocycles. The largest absolute Gasteiger partial charge is 0.482 e. The summed E-state index contributed by atoms with van der Waals surface area (Å²) in [4.78, 5) is 11.7. The van der Waals surface area contributed by atoms with Gasteiger partial charge in [0.15, 0.2) is 6.61 Å². The van der Waals surface area contributed by atoms with Gasteiger partial charge in [0.05, 0.1) is 11.1 Å². The number of benzene rings is 1. The van der Waals surface area contributed by atoms with Gasteiger partial charge >= 0.3 is 0 Å². The summed E-state index contributed by atoms with van der Waals surface area (Å²) in [6.45, 7) is 2.49. The molecule has 20 heavy (non-hydrogen) atoms. The number of nitrogens with one attached hydrogen (secondary N) is 1. The fraction of sp³-hybridized carbons (Fsp3) is 0.533. The zero-order valence-corrected chi connectivity index (χ0v) is 12.3. The second-order valence-electron chi connectivity index (χ2n) is 5.36. The summed E-state index contributed by atoms with van der Waals surface area (Å²) < 4.78 is 5.42. The Morgan fingerprint density at radius 2 is 2.30 bits per heavy atom. The quantitative estimate of drug-likeness (QED) is 0.877. The van der Waals surface area contributed by atoms with Crippen LogP contribution in [0.3, 0.4) is 0 Å². The molecule has 5 heteroatoms. The van der Waals surface area contributed by atoms with Crippen LogP contribution in [0.15, 0.2) is 18.2 Å². The van der Waals surface area contributed by atoms with Crippen molar-refractivity contribution in [2.24, 2.45) is 5.92 Å². The lowest BCUT2D eigenvalue weighted by Crippen LogP contribution is -2.32. The fourth-order valence-electron chi connectivity index (χ4n) is 2.41. The molecule has 4 nitrogen and oxygen atoms in total. The minimum atomic E-state index is -0.209. The Morgan fingerprint density at radius 3 is 3.00 bits per heavy atom. The van der Waals surface area contributed by atoms with Crippen LogP contribution in [0.1, 0.15) is 24.8 Å². The van der Waals surface area contributed by atoms with E-state index in [4.69, 9.17) is 16.3 Å². The summed E-state index contributed by atoms with van der Waals surface area (Å²) in [5.41, 5.74) is 1.03. The maximum absolute atomic E-state index is 11.7. The molecule has 1 amide bonds. The van der Waals surface area contributed by atoms with Gasteiger partial charge in [-0.2, -0.15) is 0 Å². The first-order valence-electron chi connectivity index (χ1n) is 6.88. The van der Waals surface area contributed by atoms with Gasteiger partial charge in [0.1, 0.15) is 5.75 Å². The summed E-state index contributed by atoms with van der Waals surface area (Å²) in [6, 6.07) is 5.45. The van der Waals surface area contributed by atoms with Crippen LogP contribution in [-0.4, -0.2) is 30.3 Å². The molecule has 1 aromatic rings. The number of amides is 1. The van der Waals surface area contributed by atoms with E-state index in [1.165, 1.54) is 0 Å². The van der Waals surface area contributed by atoms with Gasteiger partial charge in [-0.3, -0.25) is 4.79 Å². The molecular weight excluding hydrogens is 278 g/mol. The van der Waals surface area contributed by atoms with E-state index in [2.05, 4.69) is 5.32 Å². The Hall–Kier alpha value is -1.26. The SMILES string of the molecule is Cc1ccc(Cl)c(OCC(=O)NCC2CCC(O)C2)c1. The maximum atomic E-state index is 11.7. The van der Waals surface area contributed by atoms with Crippen LogP contribution < -0.4 is 10.1 Å². The number of ether oxygens (including phenoxy) is 1. The highest BCUT2D eigenvalue weighted by Gasteiger charge is 2.22. The first kappa shape index (κ1) is 15.1. The van der Waals surface area contributed by atoms with E-state index in [1.54, 1.807) is 6.07 Å². The smallest absolute Gasteiger partial charge is 0.257 e. The molecule has 0 bridgehead atoms. The number of aliphatic hydroxyl groups is 1. The molecule has 1 aliphatic carbocycles. The lowest BCUT2D eigenvalue weighted by Gasteiger charge is -2.12. The van der Waals surface area contributed by atoms with Crippen molar-refractivity contribution in [3.8, 4) is 5.75 Å². The van der Waals surface area contributed by atoms with Crippen molar-refractivity contribution < 1.29 is 14.6 Å². The minimum absolute atomic E-state index is 0.0432. The van der Waals surface area contributed by atoms with Gasteiger partial charge < -0.3 is 15.2 Å². The van der Waals surface area contributed by atoms with Crippen molar-refractivity contribution in [1.29, 1.82) is 0 Å². The normalized spacial score (nSPS) is 21.8. The van der Waals surface area contributed by atoms with E-state index in [0.29, 0.717) is 23.2 Å². The molecule has 0 saturated heterocycles. The number of rotatable bonds is 5. The predicted octanol–water partition coefficient (Wildman–Crippen LogP) is 2.30. The molecule has 0 heterocycles. The molecule has 2 N–H and O–H groups in total. The Balaban J connectivity index is 1.73. The number of halogens is 1. The van der Waals surface area contributed by atoms with Crippen LogP contribution in [0.4, 0.5) is 0 Å². The van der Waals surface area contributed by atoms with Crippen molar-refractivity contribution in [2.75, 3.05) is 13.2 Å². The Kier molecular flexibility index (Phi) is 5.26. The third-order valence-electron chi connectivity index (χ3n) is 3.55. The Morgan fingerprint density at radius 1 is 1.50 bits per heavy atom. The van der Waals surface area contributed by atoms with Gasteiger partial charge in [-0.1, -0.05) is 17.7 Å². The van der Waals surface area contributed by atoms with Gasteiger partial charge in [-0.05, 0) is 49.8 Å². The van der Waals surface area contributed by atoms with E-state index < -0.39 is 0 Å². The minimum Gasteiger partial charge on any atom is -0.482 e. The maximum Gasteiger partial charge on any atom is 0.257 e. The number of aliphatic hydroxyl groups excluding tert-OH is 1.